The Morgan fingerprint density at radius 2 is 1.89 bits per heavy atom. The lowest BCUT2D eigenvalue weighted by atomic mass is 9.92. The van der Waals surface area contributed by atoms with Crippen molar-refractivity contribution < 1.29 is 0 Å². The molecular weight excluding hydrogens is 291 g/mol. The molecule has 0 atom stereocenters. The zero-order chi connectivity index (χ0) is 13.1. The van der Waals surface area contributed by atoms with Gasteiger partial charge in [0, 0.05) is 13.1 Å². The molecule has 1 aliphatic rings. The van der Waals surface area contributed by atoms with Crippen molar-refractivity contribution in [2.24, 2.45) is 5.92 Å². The molecule has 2 nitrogen and oxygen atoms in total. The summed E-state index contributed by atoms with van der Waals surface area (Å²) in [5.41, 5.74) is 0. The van der Waals surface area contributed by atoms with Gasteiger partial charge >= 0.3 is 0 Å². The van der Waals surface area contributed by atoms with E-state index in [0.29, 0.717) is 15.2 Å². The normalized spacial score (nSPS) is 17.2. The molecule has 1 aliphatic heterocycles. The minimum Gasteiger partial charge on any atom is -0.355 e. The Morgan fingerprint density at radius 1 is 1.22 bits per heavy atom. The van der Waals surface area contributed by atoms with Gasteiger partial charge in [-0.25, -0.2) is 4.98 Å². The molecule has 0 N–H and O–H groups in total. The van der Waals surface area contributed by atoms with Crippen LogP contribution in [0.3, 0.4) is 0 Å². The predicted octanol–water partition coefficient (Wildman–Crippen LogP) is 5.06. The van der Waals surface area contributed by atoms with E-state index in [-0.39, 0.29) is 0 Å². The van der Waals surface area contributed by atoms with Gasteiger partial charge in [-0.2, -0.15) is 0 Å². The van der Waals surface area contributed by atoms with Gasteiger partial charge in [0.2, 0.25) is 0 Å². The molecule has 1 aromatic heterocycles. The van der Waals surface area contributed by atoms with Crippen LogP contribution in [-0.2, 0) is 0 Å². The summed E-state index contributed by atoms with van der Waals surface area (Å²) in [6.45, 7) is 4.23. The van der Waals surface area contributed by atoms with E-state index in [4.69, 9.17) is 34.8 Å². The zero-order valence-electron chi connectivity index (χ0n) is 10.4. The third-order valence-electron chi connectivity index (χ3n) is 3.48. The summed E-state index contributed by atoms with van der Waals surface area (Å²) < 4.78 is 0. The highest BCUT2D eigenvalue weighted by Gasteiger charge is 2.22. The molecule has 0 spiro atoms. The Morgan fingerprint density at radius 3 is 2.50 bits per heavy atom. The van der Waals surface area contributed by atoms with Crippen molar-refractivity contribution in [1.82, 2.24) is 4.98 Å². The monoisotopic (exact) mass is 306 g/mol. The standard InChI is InChI=1S/C13H17Cl3N2/c1-2-3-9-4-6-18(7-5-9)13-11(15)8-10(14)12(16)17-13/h8-9H,2-7H2,1H3. The second-order valence-corrected chi connectivity index (χ2v) is 5.96. The van der Waals surface area contributed by atoms with E-state index in [1.165, 1.54) is 25.7 Å². The van der Waals surface area contributed by atoms with Crippen molar-refractivity contribution in [3.05, 3.63) is 21.3 Å². The number of piperidine rings is 1. The van der Waals surface area contributed by atoms with Gasteiger partial charge in [-0.05, 0) is 24.8 Å². The number of nitrogens with zero attached hydrogens (tertiary/aromatic N) is 2. The number of halogens is 3. The molecule has 0 saturated carbocycles. The quantitative estimate of drug-likeness (QED) is 0.726. The topological polar surface area (TPSA) is 16.1 Å². The molecule has 0 bridgehead atoms. The fourth-order valence-electron chi connectivity index (χ4n) is 2.50. The Bertz CT molecular complexity index is 415. The van der Waals surface area contributed by atoms with E-state index < -0.39 is 0 Å². The van der Waals surface area contributed by atoms with Crippen LogP contribution in [0.2, 0.25) is 15.2 Å². The molecule has 18 heavy (non-hydrogen) atoms. The smallest absolute Gasteiger partial charge is 0.150 e. The van der Waals surface area contributed by atoms with Crippen LogP contribution >= 0.6 is 34.8 Å². The SMILES string of the molecule is CCCC1CCN(c2nc(Cl)c(Cl)cc2Cl)CC1. The van der Waals surface area contributed by atoms with Gasteiger partial charge in [0.15, 0.2) is 0 Å². The third-order valence-corrected chi connectivity index (χ3v) is 4.43. The van der Waals surface area contributed by atoms with Crippen LogP contribution in [0, 0.1) is 5.92 Å². The summed E-state index contributed by atoms with van der Waals surface area (Å²) in [6.07, 6.45) is 4.98. The molecule has 0 aromatic carbocycles. The van der Waals surface area contributed by atoms with Crippen LogP contribution in [0.25, 0.3) is 0 Å². The molecule has 0 aliphatic carbocycles. The van der Waals surface area contributed by atoms with Crippen molar-refractivity contribution in [2.75, 3.05) is 18.0 Å². The summed E-state index contributed by atoms with van der Waals surface area (Å²) in [5, 5.41) is 1.32. The molecule has 0 amide bonds. The summed E-state index contributed by atoms with van der Waals surface area (Å²) in [7, 11) is 0. The van der Waals surface area contributed by atoms with Crippen LogP contribution in [0.15, 0.2) is 6.07 Å². The van der Waals surface area contributed by atoms with Crippen molar-refractivity contribution in [1.29, 1.82) is 0 Å². The number of anilines is 1. The maximum atomic E-state index is 6.19. The van der Waals surface area contributed by atoms with Gasteiger partial charge < -0.3 is 4.90 Å². The molecule has 0 unspecified atom stereocenters. The maximum Gasteiger partial charge on any atom is 0.150 e. The van der Waals surface area contributed by atoms with E-state index in [9.17, 15) is 0 Å². The number of hydrogen-bond acceptors (Lipinski definition) is 2. The second-order valence-electron chi connectivity index (χ2n) is 4.79. The summed E-state index contributed by atoms with van der Waals surface area (Å²) in [6, 6.07) is 1.67. The minimum absolute atomic E-state index is 0.326. The van der Waals surface area contributed by atoms with Crippen LogP contribution in [0.4, 0.5) is 5.82 Å². The Kier molecular flexibility index (Phi) is 4.99. The fraction of sp³-hybridized carbons (Fsp3) is 0.615. The lowest BCUT2D eigenvalue weighted by Gasteiger charge is -2.33. The van der Waals surface area contributed by atoms with E-state index in [1.54, 1.807) is 6.07 Å². The molecule has 5 heteroatoms. The van der Waals surface area contributed by atoms with Gasteiger partial charge in [-0.3, -0.25) is 0 Å². The van der Waals surface area contributed by atoms with E-state index in [1.807, 2.05) is 0 Å². The van der Waals surface area contributed by atoms with Crippen LogP contribution < -0.4 is 4.90 Å². The van der Waals surface area contributed by atoms with Crippen LogP contribution in [0.1, 0.15) is 32.6 Å². The zero-order valence-corrected chi connectivity index (χ0v) is 12.7. The predicted molar refractivity (Wildman–Crippen MR) is 79.1 cm³/mol. The first-order valence-electron chi connectivity index (χ1n) is 6.38. The Labute approximate surface area is 123 Å². The molecule has 1 aromatic rings. The first kappa shape index (κ1) is 14.2. The second kappa shape index (κ2) is 6.31. The number of aromatic nitrogens is 1. The summed E-state index contributed by atoms with van der Waals surface area (Å²) >= 11 is 18.0. The fourth-order valence-corrected chi connectivity index (χ4v) is 3.11. The molecule has 1 saturated heterocycles. The third kappa shape index (κ3) is 3.23. The van der Waals surface area contributed by atoms with Crippen molar-refractivity contribution in [2.45, 2.75) is 32.6 Å². The molecule has 2 rings (SSSR count). The van der Waals surface area contributed by atoms with Gasteiger partial charge in [0.1, 0.15) is 11.0 Å². The number of hydrogen-bond donors (Lipinski definition) is 0. The van der Waals surface area contributed by atoms with E-state index in [0.717, 1.165) is 24.8 Å². The first-order chi connectivity index (χ1) is 8.61. The lowest BCUT2D eigenvalue weighted by Crippen LogP contribution is -2.34. The highest BCUT2D eigenvalue weighted by molar-refractivity contribution is 6.42. The molecular formula is C13H17Cl3N2. The van der Waals surface area contributed by atoms with Gasteiger partial charge in [-0.15, -0.1) is 0 Å². The minimum atomic E-state index is 0.326. The van der Waals surface area contributed by atoms with Crippen molar-refractivity contribution >= 4 is 40.6 Å². The Balaban J connectivity index is 2.07. The van der Waals surface area contributed by atoms with Crippen molar-refractivity contribution in [3.63, 3.8) is 0 Å². The Hall–Kier alpha value is -0.180. The maximum absolute atomic E-state index is 6.19. The highest BCUT2D eigenvalue weighted by atomic mass is 35.5. The number of rotatable bonds is 3. The highest BCUT2D eigenvalue weighted by Crippen LogP contribution is 2.33. The average Bonchev–Trinajstić information content (AvgIpc) is 2.35. The van der Waals surface area contributed by atoms with E-state index in [2.05, 4.69) is 16.8 Å². The first-order valence-corrected chi connectivity index (χ1v) is 7.51. The van der Waals surface area contributed by atoms with Crippen LogP contribution in [-0.4, -0.2) is 18.1 Å². The molecule has 100 valence electrons. The number of pyridine rings is 1. The average molecular weight is 308 g/mol. The van der Waals surface area contributed by atoms with Gasteiger partial charge in [0.05, 0.1) is 10.0 Å². The lowest BCUT2D eigenvalue weighted by molar-refractivity contribution is 0.377. The molecule has 1 fully saturated rings. The van der Waals surface area contributed by atoms with E-state index >= 15 is 0 Å². The largest absolute Gasteiger partial charge is 0.355 e. The molecule has 0 radical (unpaired) electrons. The van der Waals surface area contributed by atoms with Crippen molar-refractivity contribution in [3.8, 4) is 0 Å². The van der Waals surface area contributed by atoms with Crippen LogP contribution in [0.5, 0.6) is 0 Å². The molecule has 2 heterocycles. The van der Waals surface area contributed by atoms with Gasteiger partial charge in [0.25, 0.3) is 0 Å². The summed E-state index contributed by atoms with van der Waals surface area (Å²) in [4.78, 5) is 6.50. The summed E-state index contributed by atoms with van der Waals surface area (Å²) in [5.74, 6) is 1.61. The van der Waals surface area contributed by atoms with Gasteiger partial charge in [-0.1, -0.05) is 54.6 Å².